The second-order valence-corrected chi connectivity index (χ2v) is 8.90. The van der Waals surface area contributed by atoms with Gasteiger partial charge in [-0.1, -0.05) is 74.5 Å². The number of aromatic carboxylic acids is 1. The van der Waals surface area contributed by atoms with Gasteiger partial charge in [0.1, 0.15) is 12.6 Å². The van der Waals surface area contributed by atoms with Crippen LogP contribution in [0.3, 0.4) is 0 Å². The molecule has 2 unspecified atom stereocenters. The van der Waals surface area contributed by atoms with E-state index < -0.39 is 30.1 Å². The summed E-state index contributed by atoms with van der Waals surface area (Å²) in [6.45, 7) is 4.01. The first-order chi connectivity index (χ1) is 16.9. The van der Waals surface area contributed by atoms with E-state index in [1.165, 1.54) is 17.0 Å². The van der Waals surface area contributed by atoms with Crippen LogP contribution < -0.4 is 5.32 Å². The number of carboxylic acids is 1. The molecule has 0 saturated carbocycles. The summed E-state index contributed by atoms with van der Waals surface area (Å²) in [6, 6.07) is 24.4. The van der Waals surface area contributed by atoms with Crippen molar-refractivity contribution in [3.63, 3.8) is 0 Å². The van der Waals surface area contributed by atoms with Crippen LogP contribution in [0.15, 0.2) is 84.9 Å². The number of ether oxygens (including phenoxy) is 1. The van der Waals surface area contributed by atoms with E-state index in [0.717, 1.165) is 11.1 Å². The van der Waals surface area contributed by atoms with E-state index in [-0.39, 0.29) is 24.0 Å². The van der Waals surface area contributed by atoms with Crippen molar-refractivity contribution in [3.8, 4) is 0 Å². The zero-order valence-corrected chi connectivity index (χ0v) is 19.6. The van der Waals surface area contributed by atoms with Crippen molar-refractivity contribution in [3.05, 3.63) is 102 Å². The maximum absolute atomic E-state index is 14.0. The third-order valence-electron chi connectivity index (χ3n) is 6.27. The molecule has 0 spiro atoms. The van der Waals surface area contributed by atoms with Crippen molar-refractivity contribution >= 4 is 23.7 Å². The Kier molecular flexibility index (Phi) is 7.15. The number of carboxylic acid groups (broad SMARTS) is 1. The molecule has 7 heteroatoms. The molecule has 0 aromatic heterocycles. The fourth-order valence-corrected chi connectivity index (χ4v) is 4.49. The molecule has 180 valence electrons. The fourth-order valence-electron chi connectivity index (χ4n) is 4.49. The summed E-state index contributed by atoms with van der Waals surface area (Å²) in [6.07, 6.45) is -0.646. The van der Waals surface area contributed by atoms with Crippen LogP contribution >= 0.6 is 0 Å². The van der Waals surface area contributed by atoms with Gasteiger partial charge in [0.15, 0.2) is 0 Å². The summed E-state index contributed by atoms with van der Waals surface area (Å²) in [5.41, 5.74) is 2.56. The van der Waals surface area contributed by atoms with E-state index in [1.807, 2.05) is 74.5 Å². The lowest BCUT2D eigenvalue weighted by molar-refractivity contribution is -0.135. The van der Waals surface area contributed by atoms with Gasteiger partial charge in [-0.05, 0) is 41.3 Å². The molecule has 0 aliphatic carbocycles. The molecular formula is C28H28N2O5. The van der Waals surface area contributed by atoms with Crippen molar-refractivity contribution in [2.45, 2.75) is 25.9 Å². The van der Waals surface area contributed by atoms with Gasteiger partial charge in [-0.3, -0.25) is 4.79 Å². The molecule has 1 aliphatic heterocycles. The number of nitrogens with one attached hydrogen (secondary N) is 1. The summed E-state index contributed by atoms with van der Waals surface area (Å²) in [5, 5.41) is 12.6. The molecule has 35 heavy (non-hydrogen) atoms. The monoisotopic (exact) mass is 472 g/mol. The molecule has 1 fully saturated rings. The maximum atomic E-state index is 14.0. The first kappa shape index (κ1) is 24.0. The number of nitrogens with zero attached hydrogens (tertiary/aromatic N) is 1. The Morgan fingerprint density at radius 1 is 0.943 bits per heavy atom. The molecule has 3 aromatic rings. The van der Waals surface area contributed by atoms with E-state index in [0.29, 0.717) is 5.69 Å². The molecule has 1 aliphatic rings. The van der Waals surface area contributed by atoms with Crippen LogP contribution in [0.1, 0.15) is 47.4 Å². The van der Waals surface area contributed by atoms with E-state index >= 15 is 0 Å². The van der Waals surface area contributed by atoms with Gasteiger partial charge < -0.3 is 15.2 Å². The Labute approximate surface area is 204 Å². The number of amides is 2. The fraction of sp³-hybridized carbons (Fsp3) is 0.250. The Hall–Kier alpha value is -4.13. The minimum absolute atomic E-state index is 0.111. The summed E-state index contributed by atoms with van der Waals surface area (Å²) in [5.74, 6) is -2.05. The zero-order valence-electron chi connectivity index (χ0n) is 19.6. The zero-order chi connectivity index (χ0) is 24.9. The van der Waals surface area contributed by atoms with Crippen LogP contribution in [0, 0.1) is 11.8 Å². The predicted octanol–water partition coefficient (Wildman–Crippen LogP) is 5.53. The van der Waals surface area contributed by atoms with Crippen LogP contribution in [0.2, 0.25) is 0 Å². The van der Waals surface area contributed by atoms with Gasteiger partial charge >= 0.3 is 12.1 Å². The second kappa shape index (κ2) is 10.4. The number of carbonyl (C=O) groups is 3. The van der Waals surface area contributed by atoms with Crippen molar-refractivity contribution in [2.75, 3.05) is 11.9 Å². The standard InChI is InChI=1S/C28H28N2O5/c1-18(2)24(26(31)30-23(17-35-28(30)34)19-9-5-3-6-10-19)25(20-11-7-4-8-12-20)29-22-15-13-21(14-16-22)27(32)33/h3-16,18,23-25,29H,17H2,1-2H3,(H,32,33)/t23-,24?,25?/m1/s1. The van der Waals surface area contributed by atoms with Gasteiger partial charge in [-0.2, -0.15) is 0 Å². The lowest BCUT2D eigenvalue weighted by Gasteiger charge is -2.34. The van der Waals surface area contributed by atoms with Gasteiger partial charge in [0.25, 0.3) is 0 Å². The number of rotatable bonds is 8. The topological polar surface area (TPSA) is 95.9 Å². The molecule has 3 aromatic carbocycles. The van der Waals surface area contributed by atoms with E-state index in [1.54, 1.807) is 12.1 Å². The van der Waals surface area contributed by atoms with Gasteiger partial charge in [0.2, 0.25) is 5.91 Å². The molecule has 2 N–H and O–H groups in total. The van der Waals surface area contributed by atoms with Crippen molar-refractivity contribution in [1.82, 2.24) is 4.90 Å². The molecule has 0 bridgehead atoms. The highest BCUT2D eigenvalue weighted by atomic mass is 16.6. The van der Waals surface area contributed by atoms with Gasteiger partial charge in [0.05, 0.1) is 17.5 Å². The highest BCUT2D eigenvalue weighted by molar-refractivity contribution is 5.95. The van der Waals surface area contributed by atoms with Crippen molar-refractivity contribution in [1.29, 1.82) is 0 Å². The second-order valence-electron chi connectivity index (χ2n) is 8.90. The van der Waals surface area contributed by atoms with Gasteiger partial charge in [0, 0.05) is 5.69 Å². The lowest BCUT2D eigenvalue weighted by atomic mass is 9.82. The Balaban J connectivity index is 1.71. The van der Waals surface area contributed by atoms with Crippen molar-refractivity contribution in [2.24, 2.45) is 11.8 Å². The first-order valence-corrected chi connectivity index (χ1v) is 11.6. The maximum Gasteiger partial charge on any atom is 0.417 e. The third-order valence-corrected chi connectivity index (χ3v) is 6.27. The number of cyclic esters (lactones) is 1. The van der Waals surface area contributed by atoms with Crippen molar-refractivity contribution < 1.29 is 24.2 Å². The van der Waals surface area contributed by atoms with Crippen LogP contribution in [-0.2, 0) is 9.53 Å². The van der Waals surface area contributed by atoms with Gasteiger partial charge in [-0.25, -0.2) is 14.5 Å². The smallest absolute Gasteiger partial charge is 0.417 e. The average molecular weight is 473 g/mol. The van der Waals surface area contributed by atoms with Crippen LogP contribution in [0.4, 0.5) is 10.5 Å². The van der Waals surface area contributed by atoms with E-state index in [4.69, 9.17) is 4.74 Å². The predicted molar refractivity (Wildman–Crippen MR) is 132 cm³/mol. The minimum Gasteiger partial charge on any atom is -0.478 e. The SMILES string of the molecule is CC(C)C(C(=O)N1C(=O)OC[C@@H]1c1ccccc1)C(Nc1ccc(C(=O)O)cc1)c1ccccc1. The van der Waals surface area contributed by atoms with E-state index in [9.17, 15) is 19.5 Å². The molecule has 1 saturated heterocycles. The number of anilines is 1. The molecule has 4 rings (SSSR count). The summed E-state index contributed by atoms with van der Waals surface area (Å²) >= 11 is 0. The normalized spacial score (nSPS) is 17.1. The molecule has 2 amide bonds. The van der Waals surface area contributed by atoms with Crippen LogP contribution in [-0.4, -0.2) is 34.6 Å². The summed E-state index contributed by atoms with van der Waals surface area (Å²) < 4.78 is 5.31. The Morgan fingerprint density at radius 3 is 2.11 bits per heavy atom. The number of hydrogen-bond donors (Lipinski definition) is 2. The third kappa shape index (κ3) is 5.19. The summed E-state index contributed by atoms with van der Waals surface area (Å²) in [4.78, 5) is 39.3. The largest absolute Gasteiger partial charge is 0.478 e. The van der Waals surface area contributed by atoms with E-state index in [2.05, 4.69) is 5.32 Å². The Bertz CT molecular complexity index is 1180. The average Bonchev–Trinajstić information content (AvgIpc) is 3.26. The minimum atomic E-state index is -1.01. The number of hydrogen-bond acceptors (Lipinski definition) is 5. The molecule has 3 atom stereocenters. The highest BCUT2D eigenvalue weighted by Crippen LogP contribution is 2.37. The number of carbonyl (C=O) groups excluding carboxylic acids is 2. The number of benzene rings is 3. The molecule has 1 heterocycles. The van der Waals surface area contributed by atoms with Crippen LogP contribution in [0.5, 0.6) is 0 Å². The quantitative estimate of drug-likeness (QED) is 0.448. The number of imide groups is 1. The van der Waals surface area contributed by atoms with Gasteiger partial charge in [-0.15, -0.1) is 0 Å². The summed E-state index contributed by atoms with van der Waals surface area (Å²) in [7, 11) is 0. The first-order valence-electron chi connectivity index (χ1n) is 11.6. The lowest BCUT2D eigenvalue weighted by Crippen LogP contribution is -2.44. The molecular weight excluding hydrogens is 444 g/mol. The molecule has 7 nitrogen and oxygen atoms in total. The van der Waals surface area contributed by atoms with Crippen LogP contribution in [0.25, 0.3) is 0 Å². The highest BCUT2D eigenvalue weighted by Gasteiger charge is 2.45. The Morgan fingerprint density at radius 2 is 1.54 bits per heavy atom. The molecule has 0 radical (unpaired) electrons.